The highest BCUT2D eigenvalue weighted by molar-refractivity contribution is 5.66. The number of fused-ring (bicyclic) bond motifs is 2. The molecule has 0 aromatic carbocycles. The zero-order valence-electron chi connectivity index (χ0n) is 13.9. The Morgan fingerprint density at radius 3 is 2.92 bits per heavy atom. The van der Waals surface area contributed by atoms with E-state index in [1.807, 2.05) is 28.9 Å². The molecule has 0 aliphatic heterocycles. The van der Waals surface area contributed by atoms with Crippen LogP contribution in [0.5, 0.6) is 0 Å². The minimum absolute atomic E-state index is 0.329. The molecule has 4 aromatic heterocycles. The summed E-state index contributed by atoms with van der Waals surface area (Å²) in [6.07, 6.45) is 5.68. The molecule has 0 saturated heterocycles. The molecule has 0 aliphatic carbocycles. The second kappa shape index (κ2) is 5.59. The lowest BCUT2D eigenvalue weighted by atomic mass is 10.1. The Bertz CT molecular complexity index is 1010. The number of nitrogens with one attached hydrogen (secondary N) is 1. The molecule has 4 heterocycles. The van der Waals surface area contributed by atoms with Crippen molar-refractivity contribution in [3.05, 3.63) is 53.9 Å². The Morgan fingerprint density at radius 2 is 2.12 bits per heavy atom. The normalized spacial score (nSPS) is 11.7. The topological polar surface area (TPSA) is 72.4 Å². The number of nitrogens with zero attached hydrogens (tertiary/aromatic N) is 6. The molecule has 0 spiro atoms. The van der Waals surface area contributed by atoms with Crippen molar-refractivity contribution in [3.63, 3.8) is 0 Å². The first-order chi connectivity index (χ1) is 11.6. The van der Waals surface area contributed by atoms with Gasteiger partial charge in [0, 0.05) is 12.4 Å². The van der Waals surface area contributed by atoms with Gasteiger partial charge in [0.05, 0.1) is 23.6 Å². The highest BCUT2D eigenvalue weighted by Crippen LogP contribution is 2.21. The molecular weight excluding hydrogens is 302 g/mol. The third-order valence-electron chi connectivity index (χ3n) is 4.07. The number of hydrogen-bond donors (Lipinski definition) is 1. The summed E-state index contributed by atoms with van der Waals surface area (Å²) < 4.78 is 3.76. The number of pyridine rings is 1. The highest BCUT2D eigenvalue weighted by atomic mass is 15.3. The van der Waals surface area contributed by atoms with Gasteiger partial charge >= 0.3 is 0 Å². The van der Waals surface area contributed by atoms with E-state index in [0.717, 1.165) is 33.9 Å². The summed E-state index contributed by atoms with van der Waals surface area (Å²) >= 11 is 0. The third-order valence-corrected chi connectivity index (χ3v) is 4.07. The minimum Gasteiger partial charge on any atom is -0.376 e. The van der Waals surface area contributed by atoms with Crippen molar-refractivity contribution in [2.75, 3.05) is 5.32 Å². The molecule has 7 nitrogen and oxygen atoms in total. The van der Waals surface area contributed by atoms with Crippen LogP contribution in [0.2, 0.25) is 0 Å². The molecule has 0 unspecified atom stereocenters. The largest absolute Gasteiger partial charge is 0.376 e. The average molecular weight is 321 g/mol. The van der Waals surface area contributed by atoms with Gasteiger partial charge in [-0.05, 0) is 30.5 Å². The van der Waals surface area contributed by atoms with Crippen molar-refractivity contribution >= 4 is 17.0 Å². The van der Waals surface area contributed by atoms with Gasteiger partial charge in [-0.25, -0.2) is 4.98 Å². The van der Waals surface area contributed by atoms with Gasteiger partial charge in [0.2, 0.25) is 5.65 Å². The number of aromatic nitrogens is 6. The Kier molecular flexibility index (Phi) is 3.41. The van der Waals surface area contributed by atoms with Crippen LogP contribution < -0.4 is 5.32 Å². The first kappa shape index (κ1) is 14.6. The summed E-state index contributed by atoms with van der Waals surface area (Å²) in [6.45, 7) is 6.92. The van der Waals surface area contributed by atoms with E-state index in [9.17, 15) is 0 Å². The summed E-state index contributed by atoms with van der Waals surface area (Å²) in [5.41, 5.74) is 5.76. The molecule has 4 aromatic rings. The van der Waals surface area contributed by atoms with Crippen LogP contribution in [0.1, 0.15) is 36.7 Å². The molecule has 122 valence electrons. The number of imidazole rings is 1. The van der Waals surface area contributed by atoms with E-state index >= 15 is 0 Å². The lowest BCUT2D eigenvalue weighted by Gasteiger charge is -2.10. The summed E-state index contributed by atoms with van der Waals surface area (Å²) in [6, 6.07) is 6.13. The van der Waals surface area contributed by atoms with Crippen molar-refractivity contribution in [2.45, 2.75) is 33.2 Å². The smallest absolute Gasteiger partial charge is 0.200 e. The minimum atomic E-state index is 0.329. The molecule has 0 atom stereocenters. The lowest BCUT2D eigenvalue weighted by Crippen LogP contribution is -2.06. The van der Waals surface area contributed by atoms with Crippen LogP contribution >= 0.6 is 0 Å². The Hall–Kier alpha value is -2.96. The Labute approximate surface area is 139 Å². The van der Waals surface area contributed by atoms with Gasteiger partial charge < -0.3 is 9.72 Å². The van der Waals surface area contributed by atoms with Gasteiger partial charge in [0.15, 0.2) is 0 Å². The maximum absolute atomic E-state index is 4.69. The van der Waals surface area contributed by atoms with E-state index in [0.29, 0.717) is 12.5 Å². The summed E-state index contributed by atoms with van der Waals surface area (Å²) in [5, 5.41) is 16.1. The maximum Gasteiger partial charge on any atom is 0.200 e. The quantitative estimate of drug-likeness (QED) is 0.626. The number of rotatable bonds is 4. The molecular formula is C17H19N7. The zero-order chi connectivity index (χ0) is 16.7. The third kappa shape index (κ3) is 2.47. The van der Waals surface area contributed by atoms with Gasteiger partial charge in [0.25, 0.3) is 0 Å². The van der Waals surface area contributed by atoms with Crippen molar-refractivity contribution < 1.29 is 0 Å². The van der Waals surface area contributed by atoms with Crippen LogP contribution in [0.15, 0.2) is 36.9 Å². The SMILES string of the molecule is Cc1cccn2cc(CNc3cc(C(C)C)nn4cnnc34)nc12. The first-order valence-electron chi connectivity index (χ1n) is 8.00. The summed E-state index contributed by atoms with van der Waals surface area (Å²) in [4.78, 5) is 4.69. The van der Waals surface area contributed by atoms with Crippen LogP contribution in [0.4, 0.5) is 5.69 Å². The van der Waals surface area contributed by atoms with E-state index in [1.54, 1.807) is 10.8 Å². The number of anilines is 1. The van der Waals surface area contributed by atoms with Gasteiger partial charge in [-0.15, -0.1) is 10.2 Å². The van der Waals surface area contributed by atoms with Crippen molar-refractivity contribution in [2.24, 2.45) is 0 Å². The van der Waals surface area contributed by atoms with Gasteiger partial charge in [-0.2, -0.15) is 9.61 Å². The van der Waals surface area contributed by atoms with Crippen molar-refractivity contribution in [3.8, 4) is 0 Å². The molecule has 0 radical (unpaired) electrons. The second-order valence-electron chi connectivity index (χ2n) is 6.24. The molecule has 0 fully saturated rings. The van der Waals surface area contributed by atoms with Crippen molar-refractivity contribution in [1.29, 1.82) is 0 Å². The fourth-order valence-electron chi connectivity index (χ4n) is 2.73. The van der Waals surface area contributed by atoms with Gasteiger partial charge in [0.1, 0.15) is 12.0 Å². The van der Waals surface area contributed by atoms with Gasteiger partial charge in [-0.3, -0.25) is 0 Å². The predicted octanol–water partition coefficient (Wildman–Crippen LogP) is 2.82. The Balaban J connectivity index is 1.66. The van der Waals surface area contributed by atoms with Crippen LogP contribution in [-0.4, -0.2) is 29.2 Å². The fourth-order valence-corrected chi connectivity index (χ4v) is 2.73. The maximum atomic E-state index is 4.69. The molecule has 1 N–H and O–H groups in total. The number of aryl methyl sites for hydroxylation is 1. The summed E-state index contributed by atoms with van der Waals surface area (Å²) in [7, 11) is 0. The van der Waals surface area contributed by atoms with E-state index in [2.05, 4.69) is 47.5 Å². The molecule has 24 heavy (non-hydrogen) atoms. The Morgan fingerprint density at radius 1 is 1.25 bits per heavy atom. The van der Waals surface area contributed by atoms with Crippen LogP contribution in [0.25, 0.3) is 11.3 Å². The van der Waals surface area contributed by atoms with E-state index in [4.69, 9.17) is 4.98 Å². The lowest BCUT2D eigenvalue weighted by molar-refractivity contribution is 0.762. The second-order valence-corrected chi connectivity index (χ2v) is 6.24. The molecule has 0 bridgehead atoms. The molecule has 0 saturated carbocycles. The first-order valence-corrected chi connectivity index (χ1v) is 8.00. The van der Waals surface area contributed by atoms with Gasteiger partial charge in [-0.1, -0.05) is 19.9 Å². The summed E-state index contributed by atoms with van der Waals surface area (Å²) in [5.74, 6) is 0.329. The van der Waals surface area contributed by atoms with Crippen LogP contribution in [0, 0.1) is 6.92 Å². The predicted molar refractivity (Wildman–Crippen MR) is 92.1 cm³/mol. The van der Waals surface area contributed by atoms with Crippen LogP contribution in [-0.2, 0) is 6.54 Å². The molecule has 7 heteroatoms. The molecule has 0 aliphatic rings. The number of hydrogen-bond acceptors (Lipinski definition) is 5. The standard InChI is InChI=1S/C17H19N7/c1-11(2)14-7-15(17-21-19-10-24(17)22-14)18-8-13-9-23-6-4-5-12(3)16(23)20-13/h4-7,9-11,18H,8H2,1-3H3. The molecule has 0 amide bonds. The van der Waals surface area contributed by atoms with Crippen LogP contribution in [0.3, 0.4) is 0 Å². The zero-order valence-corrected chi connectivity index (χ0v) is 13.9. The van der Waals surface area contributed by atoms with E-state index < -0.39 is 0 Å². The van der Waals surface area contributed by atoms with Crippen molar-refractivity contribution in [1.82, 2.24) is 29.2 Å². The monoisotopic (exact) mass is 321 g/mol. The van der Waals surface area contributed by atoms with E-state index in [-0.39, 0.29) is 0 Å². The average Bonchev–Trinajstić information content (AvgIpc) is 3.19. The van der Waals surface area contributed by atoms with E-state index in [1.165, 1.54) is 0 Å². The fraction of sp³-hybridized carbons (Fsp3) is 0.294. The molecule has 4 rings (SSSR count). The highest BCUT2D eigenvalue weighted by Gasteiger charge is 2.11.